The van der Waals surface area contributed by atoms with E-state index in [-0.39, 0.29) is 5.56 Å². The van der Waals surface area contributed by atoms with Gasteiger partial charge in [0.15, 0.2) is 12.0 Å². The minimum Gasteiger partial charge on any atom is -0.476 e. The minimum absolute atomic E-state index is 0.135. The Morgan fingerprint density at radius 3 is 2.75 bits per heavy atom. The van der Waals surface area contributed by atoms with Crippen LogP contribution < -0.4 is 0 Å². The van der Waals surface area contributed by atoms with Crippen LogP contribution in [0.4, 0.5) is 4.39 Å². The molecule has 0 aromatic carbocycles. The van der Waals surface area contributed by atoms with Gasteiger partial charge in [0.25, 0.3) is 0 Å². The Morgan fingerprint density at radius 1 is 1.58 bits per heavy atom. The van der Waals surface area contributed by atoms with Crippen LogP contribution in [0.3, 0.4) is 0 Å². The van der Waals surface area contributed by atoms with Gasteiger partial charge in [-0.25, -0.2) is 9.78 Å². The van der Waals surface area contributed by atoms with Crippen molar-refractivity contribution < 1.29 is 19.1 Å². The van der Waals surface area contributed by atoms with E-state index in [0.717, 1.165) is 12.1 Å². The number of carboxylic acid groups (broad SMARTS) is 1. The Morgan fingerprint density at radius 2 is 2.25 bits per heavy atom. The highest BCUT2D eigenvalue weighted by molar-refractivity contribution is 5.95. The number of carboxylic acids is 1. The van der Waals surface area contributed by atoms with E-state index in [1.807, 2.05) is 0 Å². The molecule has 1 heterocycles. The number of pyridine rings is 1. The molecule has 0 fully saturated rings. The molecule has 5 heteroatoms. The van der Waals surface area contributed by atoms with E-state index in [1.54, 1.807) is 0 Å². The lowest BCUT2D eigenvalue weighted by atomic mass is 10.2. The average molecular weight is 169 g/mol. The van der Waals surface area contributed by atoms with Crippen LogP contribution >= 0.6 is 0 Å². The lowest BCUT2D eigenvalue weighted by Gasteiger charge is -1.96. The van der Waals surface area contributed by atoms with Gasteiger partial charge in [-0.1, -0.05) is 0 Å². The summed E-state index contributed by atoms with van der Waals surface area (Å²) < 4.78 is 12.4. The number of carbonyl (C=O) groups is 2. The van der Waals surface area contributed by atoms with Crippen LogP contribution in [0, 0.1) is 5.95 Å². The highest BCUT2D eigenvalue weighted by atomic mass is 19.1. The van der Waals surface area contributed by atoms with Gasteiger partial charge >= 0.3 is 5.97 Å². The molecule has 0 aliphatic heterocycles. The molecule has 0 unspecified atom stereocenters. The van der Waals surface area contributed by atoms with Crippen LogP contribution in [-0.4, -0.2) is 22.3 Å². The van der Waals surface area contributed by atoms with Crippen LogP contribution in [0.5, 0.6) is 0 Å². The largest absolute Gasteiger partial charge is 0.476 e. The smallest absolute Gasteiger partial charge is 0.355 e. The Kier molecular flexibility index (Phi) is 2.14. The van der Waals surface area contributed by atoms with Crippen molar-refractivity contribution in [3.63, 3.8) is 0 Å². The lowest BCUT2D eigenvalue weighted by Crippen LogP contribution is -2.06. The van der Waals surface area contributed by atoms with E-state index in [1.165, 1.54) is 0 Å². The fraction of sp³-hybridized carbons (Fsp3) is 0. The minimum atomic E-state index is -1.42. The predicted molar refractivity (Wildman–Crippen MR) is 36.5 cm³/mol. The van der Waals surface area contributed by atoms with Crippen LogP contribution in [0.25, 0.3) is 0 Å². The van der Waals surface area contributed by atoms with Gasteiger partial charge < -0.3 is 5.11 Å². The second kappa shape index (κ2) is 3.08. The normalized spacial score (nSPS) is 9.42. The zero-order valence-corrected chi connectivity index (χ0v) is 5.82. The molecular weight excluding hydrogens is 165 g/mol. The van der Waals surface area contributed by atoms with Gasteiger partial charge in [0.1, 0.15) is 0 Å². The van der Waals surface area contributed by atoms with Crippen LogP contribution in [-0.2, 0) is 0 Å². The zero-order chi connectivity index (χ0) is 9.14. The van der Waals surface area contributed by atoms with Gasteiger partial charge in [-0.05, 0) is 12.1 Å². The molecule has 0 atom stereocenters. The number of aldehydes is 1. The average Bonchev–Trinajstić information content (AvgIpc) is 2.04. The summed E-state index contributed by atoms with van der Waals surface area (Å²) in [6, 6.07) is 2.00. The number of nitrogens with zero attached hydrogens (tertiary/aromatic N) is 1. The summed E-state index contributed by atoms with van der Waals surface area (Å²) >= 11 is 0. The third-order valence-corrected chi connectivity index (χ3v) is 1.22. The van der Waals surface area contributed by atoms with E-state index in [4.69, 9.17) is 5.11 Å². The maximum Gasteiger partial charge on any atom is 0.355 e. The Hall–Kier alpha value is -1.78. The first kappa shape index (κ1) is 8.32. The molecule has 1 rings (SSSR count). The number of aromatic nitrogens is 1. The second-order valence-corrected chi connectivity index (χ2v) is 1.99. The summed E-state index contributed by atoms with van der Waals surface area (Å²) in [6.07, 6.45) is 0.315. The number of hydrogen-bond acceptors (Lipinski definition) is 3. The number of rotatable bonds is 2. The summed E-state index contributed by atoms with van der Waals surface area (Å²) in [5.41, 5.74) is -0.700. The summed E-state index contributed by atoms with van der Waals surface area (Å²) in [4.78, 5) is 23.6. The molecule has 1 N–H and O–H groups in total. The molecule has 0 aliphatic rings. The van der Waals surface area contributed by atoms with Crippen molar-refractivity contribution >= 4 is 12.3 Å². The second-order valence-electron chi connectivity index (χ2n) is 1.99. The first-order chi connectivity index (χ1) is 5.65. The molecule has 0 amide bonds. The molecule has 0 radical (unpaired) electrons. The molecule has 0 aliphatic carbocycles. The SMILES string of the molecule is O=Cc1ccc(F)nc1C(=O)O. The quantitative estimate of drug-likeness (QED) is 0.523. The number of carbonyl (C=O) groups excluding carboxylic acids is 1. The van der Waals surface area contributed by atoms with Crippen LogP contribution in [0.1, 0.15) is 20.8 Å². The Bertz CT molecular complexity index is 337. The van der Waals surface area contributed by atoms with Gasteiger partial charge in [0.05, 0.1) is 0 Å². The fourth-order valence-electron chi connectivity index (χ4n) is 0.712. The molecule has 4 nitrogen and oxygen atoms in total. The monoisotopic (exact) mass is 169 g/mol. The summed E-state index contributed by atoms with van der Waals surface area (Å²) in [6.45, 7) is 0. The molecule has 0 saturated heterocycles. The van der Waals surface area contributed by atoms with Crippen molar-refractivity contribution in [3.05, 3.63) is 29.3 Å². The van der Waals surface area contributed by atoms with Crippen molar-refractivity contribution in [3.8, 4) is 0 Å². The standard InChI is InChI=1S/C7H4FNO3/c8-5-2-1-4(3-10)6(9-5)7(11)12/h1-3H,(H,11,12). The maximum atomic E-state index is 12.4. The summed E-state index contributed by atoms with van der Waals surface area (Å²) in [7, 11) is 0. The van der Waals surface area contributed by atoms with E-state index >= 15 is 0 Å². The fourth-order valence-corrected chi connectivity index (χ4v) is 0.712. The maximum absolute atomic E-state index is 12.4. The first-order valence-corrected chi connectivity index (χ1v) is 3.00. The van der Waals surface area contributed by atoms with E-state index in [0.29, 0.717) is 6.29 Å². The molecule has 1 aromatic heterocycles. The molecule has 1 aromatic rings. The molecular formula is C7H4FNO3. The van der Waals surface area contributed by atoms with Gasteiger partial charge in [-0.15, -0.1) is 0 Å². The Labute approximate surface area is 66.7 Å². The van der Waals surface area contributed by atoms with Gasteiger partial charge in [-0.3, -0.25) is 4.79 Å². The number of hydrogen-bond donors (Lipinski definition) is 1. The van der Waals surface area contributed by atoms with E-state index in [9.17, 15) is 14.0 Å². The predicted octanol–water partition coefficient (Wildman–Crippen LogP) is 0.731. The highest BCUT2D eigenvalue weighted by Crippen LogP contribution is 2.04. The third kappa shape index (κ3) is 1.45. The van der Waals surface area contributed by atoms with Crippen molar-refractivity contribution in [1.82, 2.24) is 4.98 Å². The van der Waals surface area contributed by atoms with Crippen molar-refractivity contribution in [1.29, 1.82) is 0 Å². The summed E-state index contributed by atoms with van der Waals surface area (Å²) in [5, 5.41) is 8.43. The van der Waals surface area contributed by atoms with E-state index < -0.39 is 17.6 Å². The van der Waals surface area contributed by atoms with Gasteiger partial charge in [-0.2, -0.15) is 4.39 Å². The molecule has 0 bridgehead atoms. The number of halogens is 1. The van der Waals surface area contributed by atoms with Crippen molar-refractivity contribution in [2.24, 2.45) is 0 Å². The Balaban J connectivity index is 3.30. The summed E-state index contributed by atoms with van der Waals surface area (Å²) in [5.74, 6) is -2.34. The van der Waals surface area contributed by atoms with Crippen LogP contribution in [0.15, 0.2) is 12.1 Å². The zero-order valence-electron chi connectivity index (χ0n) is 5.82. The van der Waals surface area contributed by atoms with Crippen molar-refractivity contribution in [2.75, 3.05) is 0 Å². The van der Waals surface area contributed by atoms with E-state index in [2.05, 4.69) is 4.98 Å². The first-order valence-electron chi connectivity index (χ1n) is 3.00. The van der Waals surface area contributed by atoms with Crippen molar-refractivity contribution in [2.45, 2.75) is 0 Å². The topological polar surface area (TPSA) is 67.3 Å². The van der Waals surface area contributed by atoms with Gasteiger partial charge in [0, 0.05) is 5.56 Å². The molecule has 0 spiro atoms. The third-order valence-electron chi connectivity index (χ3n) is 1.22. The molecule has 12 heavy (non-hydrogen) atoms. The van der Waals surface area contributed by atoms with Crippen LogP contribution in [0.2, 0.25) is 0 Å². The molecule has 62 valence electrons. The highest BCUT2D eigenvalue weighted by Gasteiger charge is 2.11. The van der Waals surface area contributed by atoms with Gasteiger partial charge in [0.2, 0.25) is 5.95 Å². The molecule has 0 saturated carbocycles. The number of aromatic carboxylic acids is 1. The lowest BCUT2D eigenvalue weighted by molar-refractivity contribution is 0.0686.